The summed E-state index contributed by atoms with van der Waals surface area (Å²) < 4.78 is 5.04. The molecule has 0 aliphatic carbocycles. The minimum absolute atomic E-state index is 0.113. The molecule has 0 saturated carbocycles. The van der Waals surface area contributed by atoms with Gasteiger partial charge in [-0.2, -0.15) is 0 Å². The molecular weight excluding hydrogens is 204 g/mol. The number of rotatable bonds is 5. The van der Waals surface area contributed by atoms with E-state index in [2.05, 4.69) is 5.32 Å². The van der Waals surface area contributed by atoms with E-state index in [4.69, 9.17) is 10.5 Å². The fraction of sp³-hybridized carbons (Fsp3) is 0.417. The summed E-state index contributed by atoms with van der Waals surface area (Å²) in [6, 6.07) is 7.13. The predicted octanol–water partition coefficient (Wildman–Crippen LogP) is 1.05. The molecular formula is C12H18N2O2. The summed E-state index contributed by atoms with van der Waals surface area (Å²) in [5, 5.41) is 2.78. The first-order valence-corrected chi connectivity index (χ1v) is 5.33. The average Bonchev–Trinajstić information content (AvgIpc) is 2.35. The maximum absolute atomic E-state index is 11.4. The number of nitrogens with one attached hydrogen (secondary N) is 1. The summed E-state index contributed by atoms with van der Waals surface area (Å²) >= 11 is 0. The summed E-state index contributed by atoms with van der Waals surface area (Å²) in [6.07, 6.45) is 0.647. The third kappa shape index (κ3) is 3.55. The minimum Gasteiger partial charge on any atom is -0.497 e. The zero-order valence-corrected chi connectivity index (χ0v) is 9.69. The molecule has 4 heteroatoms. The maximum Gasteiger partial charge on any atom is 0.237 e. The van der Waals surface area contributed by atoms with E-state index in [0.29, 0.717) is 13.0 Å². The van der Waals surface area contributed by atoms with Gasteiger partial charge in [0.15, 0.2) is 0 Å². The highest BCUT2D eigenvalue weighted by molar-refractivity contribution is 5.81. The Morgan fingerprint density at radius 3 is 2.56 bits per heavy atom. The van der Waals surface area contributed by atoms with Crippen LogP contribution in [-0.4, -0.2) is 19.1 Å². The summed E-state index contributed by atoms with van der Waals surface area (Å²) in [5.41, 5.74) is 6.62. The van der Waals surface area contributed by atoms with E-state index < -0.39 is 6.04 Å². The van der Waals surface area contributed by atoms with Crippen LogP contribution in [0.3, 0.4) is 0 Å². The van der Waals surface area contributed by atoms with Crippen molar-refractivity contribution in [2.24, 2.45) is 5.73 Å². The van der Waals surface area contributed by atoms with Gasteiger partial charge in [-0.3, -0.25) is 4.79 Å². The van der Waals surface area contributed by atoms with Crippen LogP contribution in [0.5, 0.6) is 5.75 Å². The minimum atomic E-state index is -0.418. The van der Waals surface area contributed by atoms with E-state index in [0.717, 1.165) is 11.3 Å². The highest BCUT2D eigenvalue weighted by atomic mass is 16.5. The molecule has 0 heterocycles. The molecule has 0 saturated heterocycles. The van der Waals surface area contributed by atoms with E-state index in [1.165, 1.54) is 0 Å². The Balaban J connectivity index is 2.45. The summed E-state index contributed by atoms with van der Waals surface area (Å²) in [6.45, 7) is 2.38. The van der Waals surface area contributed by atoms with Crippen molar-refractivity contribution in [3.8, 4) is 5.75 Å². The van der Waals surface area contributed by atoms with Gasteiger partial charge in [-0.1, -0.05) is 19.1 Å². The molecule has 1 amide bonds. The summed E-state index contributed by atoms with van der Waals surface area (Å²) in [5.74, 6) is 0.693. The van der Waals surface area contributed by atoms with Crippen molar-refractivity contribution in [3.05, 3.63) is 29.8 Å². The fourth-order valence-electron chi connectivity index (χ4n) is 1.25. The largest absolute Gasteiger partial charge is 0.497 e. The Hall–Kier alpha value is -1.55. The van der Waals surface area contributed by atoms with Gasteiger partial charge in [0.2, 0.25) is 5.91 Å². The molecule has 0 spiro atoms. The van der Waals surface area contributed by atoms with Gasteiger partial charge in [-0.15, -0.1) is 0 Å². The highest BCUT2D eigenvalue weighted by Gasteiger charge is 2.09. The van der Waals surface area contributed by atoms with Crippen LogP contribution in [-0.2, 0) is 11.3 Å². The molecule has 1 atom stereocenters. The zero-order chi connectivity index (χ0) is 12.0. The molecule has 3 N–H and O–H groups in total. The lowest BCUT2D eigenvalue weighted by Gasteiger charge is -2.10. The van der Waals surface area contributed by atoms with Gasteiger partial charge in [0, 0.05) is 6.54 Å². The second-order valence-electron chi connectivity index (χ2n) is 3.58. The molecule has 88 valence electrons. The number of hydrogen-bond acceptors (Lipinski definition) is 3. The Morgan fingerprint density at radius 2 is 2.06 bits per heavy atom. The van der Waals surface area contributed by atoms with Crippen LogP contribution in [0.1, 0.15) is 18.9 Å². The molecule has 4 nitrogen and oxygen atoms in total. The lowest BCUT2D eigenvalue weighted by molar-refractivity contribution is -0.122. The fourth-order valence-corrected chi connectivity index (χ4v) is 1.25. The first-order chi connectivity index (χ1) is 7.67. The molecule has 0 radical (unpaired) electrons. The SMILES string of the molecule is CC[C@@H](N)C(=O)NCc1ccc(OC)cc1. The third-order valence-electron chi connectivity index (χ3n) is 2.40. The number of ether oxygens (including phenoxy) is 1. The predicted molar refractivity (Wildman–Crippen MR) is 63.1 cm³/mol. The van der Waals surface area contributed by atoms with Crippen LogP contribution in [0, 0.1) is 0 Å². The van der Waals surface area contributed by atoms with Gasteiger partial charge >= 0.3 is 0 Å². The first kappa shape index (κ1) is 12.5. The topological polar surface area (TPSA) is 64.4 Å². The molecule has 0 fully saturated rings. The number of carbonyl (C=O) groups is 1. The second kappa shape index (κ2) is 6.12. The number of amides is 1. The van der Waals surface area contributed by atoms with Gasteiger partial charge in [-0.05, 0) is 24.1 Å². The molecule has 0 aliphatic heterocycles. The number of carbonyl (C=O) groups excluding carboxylic acids is 1. The van der Waals surface area contributed by atoms with E-state index in [9.17, 15) is 4.79 Å². The molecule has 1 aromatic rings. The maximum atomic E-state index is 11.4. The Labute approximate surface area is 95.8 Å². The van der Waals surface area contributed by atoms with Gasteiger partial charge in [0.05, 0.1) is 13.2 Å². The number of hydrogen-bond donors (Lipinski definition) is 2. The summed E-state index contributed by atoms with van der Waals surface area (Å²) in [7, 11) is 1.62. The van der Waals surface area contributed by atoms with Crippen molar-refractivity contribution in [1.29, 1.82) is 0 Å². The lowest BCUT2D eigenvalue weighted by Crippen LogP contribution is -2.39. The van der Waals surface area contributed by atoms with Crippen LogP contribution in [0.15, 0.2) is 24.3 Å². The molecule has 0 aliphatic rings. The summed E-state index contributed by atoms with van der Waals surface area (Å²) in [4.78, 5) is 11.4. The number of methoxy groups -OCH3 is 1. The number of benzene rings is 1. The van der Waals surface area contributed by atoms with Crippen molar-refractivity contribution in [2.45, 2.75) is 25.9 Å². The van der Waals surface area contributed by atoms with Gasteiger partial charge < -0.3 is 15.8 Å². The van der Waals surface area contributed by atoms with Crippen molar-refractivity contribution in [3.63, 3.8) is 0 Å². The van der Waals surface area contributed by atoms with Crippen LogP contribution in [0.2, 0.25) is 0 Å². The van der Waals surface area contributed by atoms with Crippen LogP contribution >= 0.6 is 0 Å². The molecule has 0 unspecified atom stereocenters. The molecule has 1 aromatic carbocycles. The van der Waals surface area contributed by atoms with Crippen LogP contribution < -0.4 is 15.8 Å². The Kier molecular flexibility index (Phi) is 4.79. The van der Waals surface area contributed by atoms with Gasteiger partial charge in [0.1, 0.15) is 5.75 Å². The van der Waals surface area contributed by atoms with Crippen molar-refractivity contribution < 1.29 is 9.53 Å². The second-order valence-corrected chi connectivity index (χ2v) is 3.58. The third-order valence-corrected chi connectivity index (χ3v) is 2.40. The van der Waals surface area contributed by atoms with Crippen molar-refractivity contribution in [1.82, 2.24) is 5.32 Å². The Morgan fingerprint density at radius 1 is 1.44 bits per heavy atom. The van der Waals surface area contributed by atoms with E-state index in [-0.39, 0.29) is 5.91 Å². The Bertz CT molecular complexity index is 335. The lowest BCUT2D eigenvalue weighted by atomic mass is 10.2. The van der Waals surface area contributed by atoms with Crippen LogP contribution in [0.4, 0.5) is 0 Å². The number of nitrogens with two attached hydrogens (primary N) is 1. The van der Waals surface area contributed by atoms with E-state index in [1.807, 2.05) is 31.2 Å². The van der Waals surface area contributed by atoms with Crippen molar-refractivity contribution >= 4 is 5.91 Å². The van der Waals surface area contributed by atoms with Crippen LogP contribution in [0.25, 0.3) is 0 Å². The zero-order valence-electron chi connectivity index (χ0n) is 9.69. The van der Waals surface area contributed by atoms with Gasteiger partial charge in [-0.25, -0.2) is 0 Å². The smallest absolute Gasteiger partial charge is 0.237 e. The van der Waals surface area contributed by atoms with Gasteiger partial charge in [0.25, 0.3) is 0 Å². The average molecular weight is 222 g/mol. The normalized spacial score (nSPS) is 11.9. The highest BCUT2D eigenvalue weighted by Crippen LogP contribution is 2.10. The van der Waals surface area contributed by atoms with E-state index >= 15 is 0 Å². The molecule has 1 rings (SSSR count). The van der Waals surface area contributed by atoms with Crippen molar-refractivity contribution in [2.75, 3.05) is 7.11 Å². The van der Waals surface area contributed by atoms with E-state index in [1.54, 1.807) is 7.11 Å². The first-order valence-electron chi connectivity index (χ1n) is 5.33. The molecule has 0 bridgehead atoms. The quantitative estimate of drug-likeness (QED) is 0.782. The molecule has 16 heavy (non-hydrogen) atoms. The molecule has 0 aromatic heterocycles. The standard InChI is InChI=1S/C12H18N2O2/c1-3-11(13)12(15)14-8-9-4-6-10(16-2)7-5-9/h4-7,11H,3,8,13H2,1-2H3,(H,14,15)/t11-/m1/s1. The monoisotopic (exact) mass is 222 g/mol.